The minimum atomic E-state index is -0.573. The molecule has 0 unspecified atom stereocenters. The second-order valence-corrected chi connectivity index (χ2v) is 5.20. The lowest BCUT2D eigenvalue weighted by atomic mass is 10.0. The first-order valence-corrected chi connectivity index (χ1v) is 7.34. The van der Waals surface area contributed by atoms with Crippen LogP contribution in [-0.4, -0.2) is 5.91 Å². The summed E-state index contributed by atoms with van der Waals surface area (Å²) in [5.41, 5.74) is 1.04. The van der Waals surface area contributed by atoms with Crippen molar-refractivity contribution in [2.24, 2.45) is 0 Å². The number of fused-ring (bicyclic) bond motifs is 1. The molecule has 1 N–H and O–H groups in total. The lowest BCUT2D eigenvalue weighted by Gasteiger charge is -2.06. The largest absolute Gasteiger partial charge is 0.321 e. The van der Waals surface area contributed by atoms with Gasteiger partial charge in [0.2, 0.25) is 0 Å². The molecule has 0 aliphatic rings. The van der Waals surface area contributed by atoms with Gasteiger partial charge in [-0.1, -0.05) is 48.5 Å². The van der Waals surface area contributed by atoms with Crippen LogP contribution in [0.5, 0.6) is 0 Å². The van der Waals surface area contributed by atoms with E-state index >= 15 is 0 Å². The summed E-state index contributed by atoms with van der Waals surface area (Å²) in [5.74, 6) is -1.03. The third-order valence-electron chi connectivity index (χ3n) is 3.57. The zero-order valence-electron chi connectivity index (χ0n) is 12.7. The van der Waals surface area contributed by atoms with Crippen molar-refractivity contribution >= 4 is 28.4 Å². The van der Waals surface area contributed by atoms with Crippen LogP contribution in [0, 0.1) is 17.1 Å². The average Bonchev–Trinajstić information content (AvgIpc) is 2.59. The molecule has 3 rings (SSSR count). The van der Waals surface area contributed by atoms with Crippen molar-refractivity contribution in [1.29, 1.82) is 5.26 Å². The summed E-state index contributed by atoms with van der Waals surface area (Å²) in [6, 6.07) is 20.8. The summed E-state index contributed by atoms with van der Waals surface area (Å²) in [6.45, 7) is 0. The Hall–Kier alpha value is -3.45. The van der Waals surface area contributed by atoms with Crippen molar-refractivity contribution < 1.29 is 9.18 Å². The van der Waals surface area contributed by atoms with Gasteiger partial charge < -0.3 is 5.32 Å². The second-order valence-electron chi connectivity index (χ2n) is 5.20. The van der Waals surface area contributed by atoms with Crippen LogP contribution in [0.3, 0.4) is 0 Å². The first kappa shape index (κ1) is 15.4. The highest BCUT2D eigenvalue weighted by atomic mass is 19.1. The summed E-state index contributed by atoms with van der Waals surface area (Å²) < 4.78 is 13.2. The molecule has 0 saturated carbocycles. The number of benzene rings is 3. The molecule has 3 aromatic rings. The van der Waals surface area contributed by atoms with Crippen molar-refractivity contribution in [2.45, 2.75) is 0 Å². The fourth-order valence-electron chi connectivity index (χ4n) is 2.45. The number of hydrogen-bond donors (Lipinski definition) is 1. The van der Waals surface area contributed by atoms with Crippen molar-refractivity contribution in [3.63, 3.8) is 0 Å². The van der Waals surface area contributed by atoms with E-state index in [2.05, 4.69) is 5.32 Å². The number of rotatable bonds is 3. The standard InChI is InChI=1S/C20H13FN2O/c21-17-8-4-9-18(12-17)23-20(24)16(13-22)11-15-7-3-6-14-5-1-2-10-19(14)15/h1-12H,(H,23,24). The van der Waals surface area contributed by atoms with E-state index in [1.54, 1.807) is 6.07 Å². The lowest BCUT2D eigenvalue weighted by Crippen LogP contribution is -2.13. The highest BCUT2D eigenvalue weighted by Gasteiger charge is 2.10. The molecule has 116 valence electrons. The molecule has 0 atom stereocenters. The molecule has 4 heteroatoms. The molecule has 0 aliphatic heterocycles. The molecule has 0 bridgehead atoms. The van der Waals surface area contributed by atoms with Crippen molar-refractivity contribution in [3.05, 3.63) is 83.7 Å². The molecule has 0 heterocycles. The zero-order valence-corrected chi connectivity index (χ0v) is 12.7. The molecule has 0 saturated heterocycles. The number of halogens is 1. The van der Waals surface area contributed by atoms with Crippen LogP contribution in [0.4, 0.5) is 10.1 Å². The Kier molecular flexibility index (Phi) is 4.35. The summed E-state index contributed by atoms with van der Waals surface area (Å²) in [5, 5.41) is 13.8. The fourth-order valence-corrected chi connectivity index (χ4v) is 2.45. The third-order valence-corrected chi connectivity index (χ3v) is 3.57. The van der Waals surface area contributed by atoms with Gasteiger partial charge in [-0.25, -0.2) is 4.39 Å². The number of carbonyl (C=O) groups is 1. The molecular formula is C20H13FN2O. The molecule has 3 nitrogen and oxygen atoms in total. The molecule has 0 aliphatic carbocycles. The van der Waals surface area contributed by atoms with Crippen LogP contribution in [0.1, 0.15) is 5.56 Å². The Morgan fingerprint density at radius 2 is 1.79 bits per heavy atom. The maximum Gasteiger partial charge on any atom is 0.266 e. The number of anilines is 1. The highest BCUT2D eigenvalue weighted by molar-refractivity contribution is 6.10. The summed E-state index contributed by atoms with van der Waals surface area (Å²) in [4.78, 5) is 12.3. The minimum absolute atomic E-state index is 0.0457. The van der Waals surface area contributed by atoms with E-state index in [4.69, 9.17) is 0 Å². The van der Waals surface area contributed by atoms with Crippen LogP contribution < -0.4 is 5.32 Å². The molecular weight excluding hydrogens is 303 g/mol. The van der Waals surface area contributed by atoms with Crippen molar-refractivity contribution in [2.75, 3.05) is 5.32 Å². The van der Waals surface area contributed by atoms with Crippen molar-refractivity contribution in [3.8, 4) is 6.07 Å². The van der Waals surface area contributed by atoms with Crippen LogP contribution in [-0.2, 0) is 4.79 Å². The topological polar surface area (TPSA) is 52.9 Å². The molecule has 0 aromatic heterocycles. The molecule has 0 fully saturated rings. The van der Waals surface area contributed by atoms with Crippen LogP contribution in [0.25, 0.3) is 16.8 Å². The van der Waals surface area contributed by atoms with E-state index < -0.39 is 11.7 Å². The number of hydrogen-bond acceptors (Lipinski definition) is 2. The zero-order chi connectivity index (χ0) is 16.9. The van der Waals surface area contributed by atoms with Crippen molar-refractivity contribution in [1.82, 2.24) is 0 Å². The van der Waals surface area contributed by atoms with Crippen LogP contribution >= 0.6 is 0 Å². The van der Waals surface area contributed by atoms with Gasteiger partial charge in [0.15, 0.2) is 0 Å². The number of nitrogens with one attached hydrogen (secondary N) is 1. The number of amides is 1. The Bertz CT molecular complexity index is 981. The molecule has 0 radical (unpaired) electrons. The molecule has 0 spiro atoms. The average molecular weight is 316 g/mol. The van der Waals surface area contributed by atoms with Gasteiger partial charge in [0.05, 0.1) is 0 Å². The summed E-state index contributed by atoms with van der Waals surface area (Å²) in [6.07, 6.45) is 1.54. The lowest BCUT2D eigenvalue weighted by molar-refractivity contribution is -0.112. The quantitative estimate of drug-likeness (QED) is 0.570. The number of nitriles is 1. The van der Waals surface area contributed by atoms with Gasteiger partial charge in [-0.2, -0.15) is 5.26 Å². The maximum absolute atomic E-state index is 13.2. The van der Waals surface area contributed by atoms with Gasteiger partial charge in [0, 0.05) is 5.69 Å². The highest BCUT2D eigenvalue weighted by Crippen LogP contribution is 2.21. The molecule has 1 amide bonds. The van der Waals surface area contributed by atoms with E-state index in [1.807, 2.05) is 48.5 Å². The molecule has 24 heavy (non-hydrogen) atoms. The van der Waals surface area contributed by atoms with Gasteiger partial charge in [-0.3, -0.25) is 4.79 Å². The Balaban J connectivity index is 1.94. The monoisotopic (exact) mass is 316 g/mol. The maximum atomic E-state index is 13.2. The van der Waals surface area contributed by atoms with Gasteiger partial charge in [0.1, 0.15) is 17.5 Å². The predicted octanol–water partition coefficient (Wildman–Crippen LogP) is 4.52. The summed E-state index contributed by atoms with van der Waals surface area (Å²) >= 11 is 0. The van der Waals surface area contributed by atoms with E-state index in [0.29, 0.717) is 5.69 Å². The third kappa shape index (κ3) is 3.31. The van der Waals surface area contributed by atoms with E-state index in [9.17, 15) is 14.4 Å². The van der Waals surface area contributed by atoms with E-state index in [0.717, 1.165) is 16.3 Å². The minimum Gasteiger partial charge on any atom is -0.321 e. The van der Waals surface area contributed by atoms with E-state index in [1.165, 1.54) is 24.3 Å². The Morgan fingerprint density at radius 3 is 2.58 bits per heavy atom. The normalized spacial score (nSPS) is 11.1. The fraction of sp³-hybridized carbons (Fsp3) is 0. The van der Waals surface area contributed by atoms with Crippen LogP contribution in [0.15, 0.2) is 72.3 Å². The first-order chi connectivity index (χ1) is 11.7. The van der Waals surface area contributed by atoms with Gasteiger partial charge in [-0.15, -0.1) is 0 Å². The molecule has 3 aromatic carbocycles. The van der Waals surface area contributed by atoms with E-state index in [-0.39, 0.29) is 5.57 Å². The Morgan fingerprint density at radius 1 is 1.04 bits per heavy atom. The summed E-state index contributed by atoms with van der Waals surface area (Å²) in [7, 11) is 0. The number of nitrogens with zero attached hydrogens (tertiary/aromatic N) is 1. The SMILES string of the molecule is N#CC(=Cc1cccc2ccccc12)C(=O)Nc1cccc(F)c1. The number of carbonyl (C=O) groups excluding carboxylic acids is 1. The first-order valence-electron chi connectivity index (χ1n) is 7.34. The smallest absolute Gasteiger partial charge is 0.266 e. The van der Waals surface area contributed by atoms with Gasteiger partial charge in [0.25, 0.3) is 5.91 Å². The van der Waals surface area contributed by atoms with Gasteiger partial charge >= 0.3 is 0 Å². The van der Waals surface area contributed by atoms with Gasteiger partial charge in [-0.05, 0) is 40.6 Å². The second kappa shape index (κ2) is 6.76. The Labute approximate surface area is 138 Å². The van der Waals surface area contributed by atoms with Crippen LogP contribution in [0.2, 0.25) is 0 Å². The predicted molar refractivity (Wildman–Crippen MR) is 92.6 cm³/mol.